The zero-order valence-electron chi connectivity index (χ0n) is 9.12. The second kappa shape index (κ2) is 75.9. The molecule has 0 aromatic rings. The summed E-state index contributed by atoms with van der Waals surface area (Å²) in [6.45, 7) is 0. The quantitative estimate of drug-likeness (QED) is 0.409. The minimum absolute atomic E-state index is 0. The molecular formula is H23CrNaO14. The van der Waals surface area contributed by atoms with Crippen molar-refractivity contribution in [2.45, 2.75) is 0 Å². The summed E-state index contributed by atoms with van der Waals surface area (Å²) in [5, 5.41) is 0. The van der Waals surface area contributed by atoms with Crippen molar-refractivity contribution >= 4 is 0 Å². The Bertz CT molecular complexity index is 99.4. The average Bonchev–Trinajstić information content (AvgIpc) is 0.722. The molecule has 0 aliphatic heterocycles. The molecule has 0 bridgehead atoms. The fourth-order valence-electron chi connectivity index (χ4n) is 0. The Morgan fingerprint density at radius 1 is 0.562 bits per heavy atom. The standard InChI is InChI=1S/Cr.Na.12H2O.2O.H/h;;12*1H2;;;/q+2;+1;;;;;;;;;;;;;;;-1/p-2. The van der Waals surface area contributed by atoms with Crippen molar-refractivity contribution in [3.05, 3.63) is 0 Å². The van der Waals surface area contributed by atoms with Crippen LogP contribution in [0.5, 0.6) is 0 Å². The summed E-state index contributed by atoms with van der Waals surface area (Å²) in [4.78, 5) is 0. The molecule has 0 fully saturated rings. The molecule has 16 heteroatoms. The van der Waals surface area contributed by atoms with E-state index in [2.05, 4.69) is 0 Å². The Morgan fingerprint density at radius 3 is 0.562 bits per heavy atom. The zero-order chi connectivity index (χ0) is 4.50. The van der Waals surface area contributed by atoms with Crippen LogP contribution in [-0.2, 0) is 21.2 Å². The van der Waals surface area contributed by atoms with Crippen LogP contribution >= 0.6 is 0 Å². The molecule has 0 saturated carbocycles. The predicted octanol–water partition coefficient (Wildman–Crippen LogP) is -12.5. The van der Waals surface area contributed by atoms with E-state index in [-0.39, 0.29) is 85.7 Å². The van der Waals surface area contributed by atoms with Gasteiger partial charge < -0.3 is 56.2 Å². The first-order chi connectivity index (χ1) is 2.00. The first-order valence-corrected chi connectivity index (χ1v) is 2.88. The van der Waals surface area contributed by atoms with Gasteiger partial charge in [-0.2, -0.15) is 0 Å². The van der Waals surface area contributed by atoms with Crippen LogP contribution in [0.3, 0.4) is 0 Å². The van der Waals surface area contributed by atoms with Gasteiger partial charge in [0.15, 0.2) is 0 Å². The van der Waals surface area contributed by atoms with E-state index >= 15 is 0 Å². The minimum atomic E-state index is -5.25. The van der Waals surface area contributed by atoms with Gasteiger partial charge >= 0.3 is 59.1 Å². The molecule has 22 N–H and O–H groups in total. The third-order valence-electron chi connectivity index (χ3n) is 0. The van der Waals surface area contributed by atoms with E-state index in [0.717, 1.165) is 0 Å². The Kier molecular flexibility index (Phi) is 895. The van der Waals surface area contributed by atoms with E-state index in [1.165, 1.54) is 0 Å². The van der Waals surface area contributed by atoms with Crippen molar-refractivity contribution in [3.63, 3.8) is 0 Å². The molecule has 0 rings (SSSR count). The zero-order valence-corrected chi connectivity index (χ0v) is 11.4. The number of hydrogen-bond donors (Lipinski definition) is 2. The monoisotopic (exact) mass is 322 g/mol. The van der Waals surface area contributed by atoms with Gasteiger partial charge in [0.1, 0.15) is 0 Å². The topological polar surface area (TPSA) is 390 Å². The molecule has 14 nitrogen and oxygen atoms in total. The van der Waals surface area contributed by atoms with Crippen molar-refractivity contribution < 1.29 is 115 Å². The second-order valence-corrected chi connectivity index (χ2v) is 1.85. The number of hydrogen-bond acceptors (Lipinski definition) is 2. The molecule has 0 amide bonds. The third kappa shape index (κ3) is 6420. The fraction of sp³-hybridized carbons (Fsp3) is 0. The van der Waals surface area contributed by atoms with E-state index in [0.29, 0.717) is 0 Å². The van der Waals surface area contributed by atoms with Gasteiger partial charge in [-0.3, -0.25) is 0 Å². The van der Waals surface area contributed by atoms with Crippen LogP contribution in [0.2, 0.25) is 0 Å². The number of rotatable bonds is 0. The Balaban J connectivity index is -0.00000000121. The van der Waals surface area contributed by atoms with Gasteiger partial charge in [0.25, 0.3) is 0 Å². The van der Waals surface area contributed by atoms with Crippen molar-refractivity contribution in [2.24, 2.45) is 0 Å². The summed E-state index contributed by atoms with van der Waals surface area (Å²) in [7, 11) is 0. The van der Waals surface area contributed by atoms with Crippen LogP contribution in [0, 0.1) is 0 Å². The summed E-state index contributed by atoms with van der Waals surface area (Å²) >= 11 is -5.25. The molecule has 16 heavy (non-hydrogen) atoms. The van der Waals surface area contributed by atoms with E-state index in [9.17, 15) is 0 Å². The molecule has 0 atom stereocenters. The molecule has 0 heterocycles. The van der Waals surface area contributed by atoms with Crippen molar-refractivity contribution in [2.75, 3.05) is 0 Å². The van der Waals surface area contributed by atoms with Gasteiger partial charge in [0.05, 0.1) is 0 Å². The van der Waals surface area contributed by atoms with E-state index in [1.807, 2.05) is 0 Å². The summed E-state index contributed by atoms with van der Waals surface area (Å²) in [5.41, 5.74) is 0. The molecule has 0 aliphatic carbocycles. The van der Waals surface area contributed by atoms with E-state index < -0.39 is 13.6 Å². The van der Waals surface area contributed by atoms with E-state index in [4.69, 9.17) is 15.9 Å². The molecule has 0 aromatic carbocycles. The van der Waals surface area contributed by atoms with Gasteiger partial charge in [0, 0.05) is 0 Å². The van der Waals surface area contributed by atoms with Gasteiger partial charge in [-0.15, -0.1) is 0 Å². The third-order valence-corrected chi connectivity index (χ3v) is 0. The van der Waals surface area contributed by atoms with Crippen molar-refractivity contribution in [1.82, 2.24) is 0 Å². The van der Waals surface area contributed by atoms with Crippen LogP contribution in [0.25, 0.3) is 0 Å². The SMILES string of the molecule is O.O.O.O.O.O.O.O.O.O.[H-].[Na+].[O]=[Cr](=[O])([OH])[OH]. The summed E-state index contributed by atoms with van der Waals surface area (Å²) in [6, 6.07) is 0. The summed E-state index contributed by atoms with van der Waals surface area (Å²) in [6.07, 6.45) is 0. The van der Waals surface area contributed by atoms with Crippen molar-refractivity contribution in [3.8, 4) is 0 Å². The first kappa shape index (κ1) is 188. The average molecular weight is 322 g/mol. The van der Waals surface area contributed by atoms with Crippen LogP contribution in [0.1, 0.15) is 1.43 Å². The first-order valence-electron chi connectivity index (χ1n) is 0.698. The van der Waals surface area contributed by atoms with Gasteiger partial charge in [-0.1, -0.05) is 0 Å². The molecular weight excluding hydrogens is 299 g/mol. The molecule has 0 unspecified atom stereocenters. The van der Waals surface area contributed by atoms with Crippen molar-refractivity contribution in [1.29, 1.82) is 0 Å². The fourth-order valence-corrected chi connectivity index (χ4v) is 0. The van der Waals surface area contributed by atoms with E-state index in [1.54, 1.807) is 0 Å². The van der Waals surface area contributed by atoms with Crippen LogP contribution in [-0.4, -0.2) is 63.1 Å². The molecule has 0 aromatic heterocycles. The van der Waals surface area contributed by atoms with Gasteiger partial charge in [-0.05, 0) is 0 Å². The molecule has 0 saturated heterocycles. The molecule has 0 aliphatic rings. The van der Waals surface area contributed by atoms with Crippen LogP contribution in [0.4, 0.5) is 0 Å². The van der Waals surface area contributed by atoms with Gasteiger partial charge in [-0.25, -0.2) is 0 Å². The normalized spacial score (nSPS) is 3.62. The Hall–Kier alpha value is 0.652. The second-order valence-electron chi connectivity index (χ2n) is 0.448. The summed E-state index contributed by atoms with van der Waals surface area (Å²) < 4.78 is 31.9. The molecule has 0 spiro atoms. The molecule has 114 valence electrons. The maximum absolute atomic E-state index is 8.82. The predicted molar refractivity (Wildman–Crippen MR) is 43.1 cm³/mol. The Morgan fingerprint density at radius 2 is 0.562 bits per heavy atom. The molecule has 0 radical (unpaired) electrons. The van der Waals surface area contributed by atoms with Crippen LogP contribution < -0.4 is 29.6 Å². The van der Waals surface area contributed by atoms with Crippen LogP contribution in [0.15, 0.2) is 0 Å². The Labute approximate surface area is 115 Å². The van der Waals surface area contributed by atoms with Gasteiger partial charge in [0.2, 0.25) is 0 Å². The maximum atomic E-state index is 8.82. The summed E-state index contributed by atoms with van der Waals surface area (Å²) in [5.74, 6) is 0.